The first kappa shape index (κ1) is 25.1. The lowest BCUT2D eigenvalue weighted by Gasteiger charge is -2.26. The van der Waals surface area contributed by atoms with Gasteiger partial charge in [-0.25, -0.2) is 0 Å². The highest BCUT2D eigenvalue weighted by atomic mass is 35.5. The number of benzene rings is 3. The fourth-order valence-electron chi connectivity index (χ4n) is 5.02. The van der Waals surface area contributed by atoms with Crippen LogP contribution in [-0.4, -0.2) is 35.0 Å². The van der Waals surface area contributed by atoms with E-state index in [1.165, 1.54) is 24.8 Å². The quantitative estimate of drug-likeness (QED) is 0.308. The molecule has 2 heterocycles. The number of nitrogens with one attached hydrogen (secondary N) is 2. The van der Waals surface area contributed by atoms with Gasteiger partial charge in [0.25, 0.3) is 5.91 Å². The van der Waals surface area contributed by atoms with Gasteiger partial charge in [0.05, 0.1) is 17.0 Å². The number of halogens is 1. The second kappa shape index (κ2) is 11.2. The third kappa shape index (κ3) is 6.04. The lowest BCUT2D eigenvalue weighted by Crippen LogP contribution is -2.29. The summed E-state index contributed by atoms with van der Waals surface area (Å²) >= 11 is 6.18. The van der Waals surface area contributed by atoms with Gasteiger partial charge in [-0.3, -0.25) is 14.5 Å². The molecule has 2 aliphatic rings. The Morgan fingerprint density at radius 1 is 0.973 bits per heavy atom. The molecule has 0 aliphatic carbocycles. The van der Waals surface area contributed by atoms with E-state index in [4.69, 9.17) is 16.7 Å². The van der Waals surface area contributed by atoms with Crippen molar-refractivity contribution in [1.82, 2.24) is 4.90 Å². The predicted octanol–water partition coefficient (Wildman–Crippen LogP) is 6.28. The van der Waals surface area contributed by atoms with E-state index in [1.807, 2.05) is 42.5 Å². The molecule has 0 atom stereocenters. The average Bonchev–Trinajstić information content (AvgIpc) is 3.22. The summed E-state index contributed by atoms with van der Waals surface area (Å²) in [4.78, 5) is 26.8. The smallest absolute Gasteiger partial charge is 0.303 e. The van der Waals surface area contributed by atoms with Gasteiger partial charge in [-0.2, -0.15) is 0 Å². The summed E-state index contributed by atoms with van der Waals surface area (Å²) in [7, 11) is 0. The van der Waals surface area contributed by atoms with Gasteiger partial charge in [-0.1, -0.05) is 54.4 Å². The molecule has 5 rings (SSSR count). The third-order valence-corrected chi connectivity index (χ3v) is 7.13. The first-order chi connectivity index (χ1) is 18.0. The lowest BCUT2D eigenvalue weighted by atomic mass is 9.97. The highest BCUT2D eigenvalue weighted by Gasteiger charge is 2.28. The molecule has 0 unspecified atom stereocenters. The van der Waals surface area contributed by atoms with E-state index in [2.05, 4.69) is 27.7 Å². The molecule has 0 bridgehead atoms. The number of likely N-dealkylation sites (tertiary alicyclic amines) is 1. The van der Waals surface area contributed by atoms with Crippen molar-refractivity contribution in [2.24, 2.45) is 0 Å². The fourth-order valence-corrected chi connectivity index (χ4v) is 5.19. The number of carbonyl (C=O) groups excluding carboxylic acids is 1. The van der Waals surface area contributed by atoms with Crippen molar-refractivity contribution in [2.45, 2.75) is 38.6 Å². The molecule has 37 heavy (non-hydrogen) atoms. The molecule has 7 heteroatoms. The first-order valence-electron chi connectivity index (χ1n) is 12.7. The van der Waals surface area contributed by atoms with Crippen LogP contribution in [0.3, 0.4) is 0 Å². The van der Waals surface area contributed by atoms with Gasteiger partial charge in [0.15, 0.2) is 0 Å². The Hall–Kier alpha value is -3.61. The molecule has 3 N–H and O–H groups in total. The fraction of sp³-hybridized carbons (Fsp3) is 0.267. The van der Waals surface area contributed by atoms with Crippen molar-refractivity contribution < 1.29 is 14.7 Å². The molecule has 190 valence electrons. The molecule has 3 aromatic carbocycles. The largest absolute Gasteiger partial charge is 0.481 e. The topological polar surface area (TPSA) is 81.7 Å². The maximum Gasteiger partial charge on any atom is 0.303 e. The number of carboxylic acids is 1. The van der Waals surface area contributed by atoms with Gasteiger partial charge in [-0.15, -0.1) is 0 Å². The van der Waals surface area contributed by atoms with Crippen LogP contribution in [0, 0.1) is 0 Å². The second-order valence-electron chi connectivity index (χ2n) is 9.65. The van der Waals surface area contributed by atoms with Crippen molar-refractivity contribution in [3.8, 4) is 0 Å². The number of hydrogen-bond donors (Lipinski definition) is 3. The Kier molecular flexibility index (Phi) is 7.58. The highest BCUT2D eigenvalue weighted by Crippen LogP contribution is 2.39. The molecular formula is C30H30ClN3O3. The van der Waals surface area contributed by atoms with Crippen LogP contribution < -0.4 is 10.6 Å². The number of carbonyl (C=O) groups is 2. The van der Waals surface area contributed by atoms with Crippen LogP contribution in [0.2, 0.25) is 5.02 Å². The van der Waals surface area contributed by atoms with Crippen LogP contribution in [0.4, 0.5) is 11.4 Å². The number of fused-ring (bicyclic) bond motifs is 1. The first-order valence-corrected chi connectivity index (χ1v) is 13.1. The summed E-state index contributed by atoms with van der Waals surface area (Å²) in [5.41, 5.74) is 6.48. The highest BCUT2D eigenvalue weighted by molar-refractivity contribution is 6.38. The van der Waals surface area contributed by atoms with Crippen LogP contribution in [0.5, 0.6) is 0 Å². The van der Waals surface area contributed by atoms with E-state index >= 15 is 0 Å². The number of nitrogens with zero attached hydrogens (tertiary/aromatic N) is 1. The van der Waals surface area contributed by atoms with Crippen LogP contribution in [0.25, 0.3) is 11.3 Å². The summed E-state index contributed by atoms with van der Waals surface area (Å²) in [5.74, 6) is -1.05. The van der Waals surface area contributed by atoms with Gasteiger partial charge in [0.2, 0.25) is 0 Å². The SMILES string of the molecule is O=C(O)CCc1cccc(C(Nc2ccc(CN3CCCCC3)cc2)=C2C(=O)Nc3cc(Cl)ccc32)c1. The standard InChI is InChI=1S/C30H30ClN3O3/c31-23-10-13-25-26(18-23)33-30(37)28(25)29(22-6-4-5-20(17-22)9-14-27(35)36)32-24-11-7-21(8-12-24)19-34-15-2-1-3-16-34/h4-8,10-13,17-18,32H,1-3,9,14-16,19H2,(H,33,37)(H,35,36). The molecule has 0 spiro atoms. The molecule has 6 nitrogen and oxygen atoms in total. The van der Waals surface area contributed by atoms with Crippen molar-refractivity contribution in [3.63, 3.8) is 0 Å². The maximum absolute atomic E-state index is 13.2. The summed E-state index contributed by atoms with van der Waals surface area (Å²) < 4.78 is 0. The van der Waals surface area contributed by atoms with Crippen molar-refractivity contribution in [1.29, 1.82) is 0 Å². The van der Waals surface area contributed by atoms with Crippen LogP contribution in [0.1, 0.15) is 47.9 Å². The maximum atomic E-state index is 13.2. The molecule has 1 saturated heterocycles. The Bertz CT molecular complexity index is 1340. The Morgan fingerprint density at radius 3 is 2.51 bits per heavy atom. The lowest BCUT2D eigenvalue weighted by molar-refractivity contribution is -0.137. The van der Waals surface area contributed by atoms with Crippen LogP contribution in [0.15, 0.2) is 66.7 Å². The number of amides is 1. The summed E-state index contributed by atoms with van der Waals surface area (Å²) in [6.07, 6.45) is 4.30. The number of aryl methyl sites for hydroxylation is 1. The minimum atomic E-state index is -0.840. The molecular weight excluding hydrogens is 486 g/mol. The normalized spacial score (nSPS) is 16.7. The van der Waals surface area contributed by atoms with Crippen molar-refractivity contribution in [3.05, 3.63) is 94.0 Å². The zero-order valence-electron chi connectivity index (χ0n) is 20.6. The molecule has 1 amide bonds. The zero-order valence-corrected chi connectivity index (χ0v) is 21.4. The number of carboxylic acid groups (broad SMARTS) is 1. The van der Waals surface area contributed by atoms with Crippen LogP contribution >= 0.6 is 11.6 Å². The minimum Gasteiger partial charge on any atom is -0.481 e. The van der Waals surface area contributed by atoms with Crippen LogP contribution in [-0.2, 0) is 22.6 Å². The number of hydrogen-bond acceptors (Lipinski definition) is 4. The summed E-state index contributed by atoms with van der Waals surface area (Å²) in [6.45, 7) is 3.23. The van der Waals surface area contributed by atoms with Gasteiger partial charge >= 0.3 is 5.97 Å². The third-order valence-electron chi connectivity index (χ3n) is 6.90. The number of aliphatic carboxylic acids is 1. The van der Waals surface area contributed by atoms with E-state index in [0.717, 1.165) is 42.0 Å². The molecule has 0 saturated carbocycles. The number of piperidine rings is 1. The monoisotopic (exact) mass is 515 g/mol. The summed E-state index contributed by atoms with van der Waals surface area (Å²) in [6, 6.07) is 21.4. The Labute approximate surface area is 222 Å². The Balaban J connectivity index is 1.49. The Morgan fingerprint density at radius 2 is 1.76 bits per heavy atom. The van der Waals surface area contributed by atoms with E-state index < -0.39 is 5.97 Å². The molecule has 2 aliphatic heterocycles. The zero-order chi connectivity index (χ0) is 25.8. The van der Waals surface area contributed by atoms with Gasteiger partial charge in [0, 0.05) is 29.2 Å². The number of anilines is 2. The summed E-state index contributed by atoms with van der Waals surface area (Å²) in [5, 5.41) is 16.1. The van der Waals surface area contributed by atoms with E-state index in [0.29, 0.717) is 28.4 Å². The molecule has 1 fully saturated rings. The average molecular weight is 516 g/mol. The van der Waals surface area contributed by atoms with E-state index in [9.17, 15) is 9.59 Å². The molecule has 0 radical (unpaired) electrons. The van der Waals surface area contributed by atoms with Gasteiger partial charge < -0.3 is 15.7 Å². The van der Waals surface area contributed by atoms with Crippen molar-refractivity contribution >= 4 is 46.1 Å². The minimum absolute atomic E-state index is 0.0447. The van der Waals surface area contributed by atoms with E-state index in [1.54, 1.807) is 12.1 Å². The molecule has 0 aromatic heterocycles. The van der Waals surface area contributed by atoms with Gasteiger partial charge in [0.1, 0.15) is 0 Å². The van der Waals surface area contributed by atoms with Gasteiger partial charge in [-0.05, 0) is 79.4 Å². The molecule has 3 aromatic rings. The second-order valence-corrected chi connectivity index (χ2v) is 10.1. The predicted molar refractivity (Wildman–Crippen MR) is 148 cm³/mol. The van der Waals surface area contributed by atoms with E-state index in [-0.39, 0.29) is 12.3 Å². The van der Waals surface area contributed by atoms with Crippen molar-refractivity contribution in [2.75, 3.05) is 23.7 Å². The number of rotatable bonds is 8.